The van der Waals surface area contributed by atoms with Crippen LogP contribution in [0.3, 0.4) is 0 Å². The van der Waals surface area contributed by atoms with Crippen LogP contribution in [0.5, 0.6) is 0 Å². The third-order valence-corrected chi connectivity index (χ3v) is 5.80. The summed E-state index contributed by atoms with van der Waals surface area (Å²) >= 11 is 4.95. The Labute approximate surface area is 133 Å². The van der Waals surface area contributed by atoms with Gasteiger partial charge in [0.15, 0.2) is 0 Å². The summed E-state index contributed by atoms with van der Waals surface area (Å²) in [6.07, 6.45) is 2.44. The summed E-state index contributed by atoms with van der Waals surface area (Å²) in [6, 6.07) is -0.00584. The Morgan fingerprint density at radius 3 is 2.90 bits per heavy atom. The van der Waals surface area contributed by atoms with E-state index >= 15 is 0 Å². The van der Waals surface area contributed by atoms with Crippen molar-refractivity contribution in [3.63, 3.8) is 0 Å². The van der Waals surface area contributed by atoms with E-state index in [-0.39, 0.29) is 23.8 Å². The number of nitrogens with one attached hydrogen (secondary N) is 1. The van der Waals surface area contributed by atoms with Crippen LogP contribution in [0.1, 0.15) is 24.0 Å². The molecule has 0 saturated carbocycles. The standard InChI is InChI=1S/C13H22N2O2S3/c1-9(12(6-16)18-3)14-13(17)4-5-19-7-11-8-20-10(2)15-11/h8-9,12,16H,4-7H2,1-3H3,(H,14,17). The molecule has 1 amide bonds. The second-order valence-electron chi connectivity index (χ2n) is 4.47. The molecule has 2 unspecified atom stereocenters. The summed E-state index contributed by atoms with van der Waals surface area (Å²) in [5.41, 5.74) is 1.09. The van der Waals surface area contributed by atoms with Crippen molar-refractivity contribution < 1.29 is 9.90 Å². The molecule has 4 nitrogen and oxygen atoms in total. The maximum Gasteiger partial charge on any atom is 0.221 e. The Kier molecular flexibility index (Phi) is 8.60. The minimum Gasteiger partial charge on any atom is -0.395 e. The molecule has 1 heterocycles. The topological polar surface area (TPSA) is 62.2 Å². The molecule has 0 bridgehead atoms. The summed E-state index contributed by atoms with van der Waals surface area (Å²) in [4.78, 5) is 16.2. The van der Waals surface area contributed by atoms with E-state index in [2.05, 4.69) is 15.7 Å². The van der Waals surface area contributed by atoms with E-state index in [1.807, 2.05) is 20.1 Å². The highest BCUT2D eigenvalue weighted by Crippen LogP contribution is 2.16. The van der Waals surface area contributed by atoms with Crippen LogP contribution < -0.4 is 5.32 Å². The molecule has 0 radical (unpaired) electrons. The number of thiazole rings is 1. The fourth-order valence-electron chi connectivity index (χ4n) is 1.67. The zero-order valence-corrected chi connectivity index (χ0v) is 14.5. The molecule has 0 saturated heterocycles. The van der Waals surface area contributed by atoms with Crippen molar-refractivity contribution in [1.29, 1.82) is 0 Å². The zero-order chi connectivity index (χ0) is 15.0. The number of amides is 1. The Bertz CT molecular complexity index is 408. The molecular formula is C13H22N2O2S3. The molecule has 1 aromatic heterocycles. The summed E-state index contributed by atoms with van der Waals surface area (Å²) < 4.78 is 0. The molecular weight excluding hydrogens is 312 g/mol. The lowest BCUT2D eigenvalue weighted by atomic mass is 10.2. The number of hydrogen-bond acceptors (Lipinski definition) is 6. The average Bonchev–Trinajstić information content (AvgIpc) is 2.82. The van der Waals surface area contributed by atoms with Gasteiger partial charge in [-0.25, -0.2) is 4.98 Å². The van der Waals surface area contributed by atoms with E-state index in [1.165, 1.54) is 0 Å². The summed E-state index contributed by atoms with van der Waals surface area (Å²) in [5.74, 6) is 1.70. The smallest absolute Gasteiger partial charge is 0.221 e. The van der Waals surface area contributed by atoms with Gasteiger partial charge in [-0.3, -0.25) is 4.79 Å². The SMILES string of the molecule is CSC(CO)C(C)NC(=O)CCSCc1csc(C)n1. The molecule has 0 aromatic carbocycles. The Morgan fingerprint density at radius 1 is 1.60 bits per heavy atom. The Balaban J connectivity index is 2.16. The number of nitrogens with zero attached hydrogens (tertiary/aromatic N) is 1. The maximum absolute atomic E-state index is 11.8. The van der Waals surface area contributed by atoms with E-state index in [0.29, 0.717) is 6.42 Å². The van der Waals surface area contributed by atoms with Gasteiger partial charge in [0.25, 0.3) is 0 Å². The predicted octanol–water partition coefficient (Wildman–Crippen LogP) is 2.30. The van der Waals surface area contributed by atoms with Gasteiger partial charge in [-0.05, 0) is 20.1 Å². The predicted molar refractivity (Wildman–Crippen MR) is 89.6 cm³/mol. The van der Waals surface area contributed by atoms with Gasteiger partial charge in [0.05, 0.1) is 17.3 Å². The lowest BCUT2D eigenvalue weighted by Gasteiger charge is -2.21. The summed E-state index contributed by atoms with van der Waals surface area (Å²) in [5, 5.41) is 15.3. The van der Waals surface area contributed by atoms with Crippen molar-refractivity contribution in [2.24, 2.45) is 0 Å². The molecule has 7 heteroatoms. The normalized spacial score (nSPS) is 14.0. The number of thioether (sulfide) groups is 2. The van der Waals surface area contributed by atoms with Gasteiger partial charge >= 0.3 is 0 Å². The van der Waals surface area contributed by atoms with E-state index < -0.39 is 0 Å². The first-order chi connectivity index (χ1) is 9.56. The molecule has 0 aliphatic carbocycles. The number of hydrogen-bond donors (Lipinski definition) is 2. The van der Waals surface area contributed by atoms with Gasteiger partial charge in [0.1, 0.15) is 0 Å². The number of aliphatic hydroxyl groups is 1. The maximum atomic E-state index is 11.8. The van der Waals surface area contributed by atoms with Crippen LogP contribution in [0.4, 0.5) is 0 Å². The fourth-order valence-corrected chi connectivity index (χ4v) is 3.85. The number of carbonyl (C=O) groups excluding carboxylic acids is 1. The highest BCUT2D eigenvalue weighted by atomic mass is 32.2. The van der Waals surface area contributed by atoms with Gasteiger partial charge in [-0.1, -0.05) is 0 Å². The summed E-state index contributed by atoms with van der Waals surface area (Å²) in [6.45, 7) is 4.01. The van der Waals surface area contributed by atoms with Crippen molar-refractivity contribution in [2.45, 2.75) is 37.3 Å². The average molecular weight is 335 g/mol. The Hall–Kier alpha value is -0.240. The van der Waals surface area contributed by atoms with Crippen LogP contribution in [0.25, 0.3) is 0 Å². The van der Waals surface area contributed by atoms with E-state index in [4.69, 9.17) is 5.11 Å². The first kappa shape index (κ1) is 17.8. The van der Waals surface area contributed by atoms with Crippen molar-refractivity contribution in [1.82, 2.24) is 10.3 Å². The second-order valence-corrected chi connectivity index (χ2v) is 7.72. The molecule has 0 aliphatic heterocycles. The molecule has 0 fully saturated rings. The van der Waals surface area contributed by atoms with Gasteiger partial charge in [-0.15, -0.1) is 11.3 Å². The van der Waals surface area contributed by atoms with Gasteiger partial charge < -0.3 is 10.4 Å². The highest BCUT2D eigenvalue weighted by molar-refractivity contribution is 7.99. The Morgan fingerprint density at radius 2 is 2.35 bits per heavy atom. The van der Waals surface area contributed by atoms with Crippen molar-refractivity contribution in [3.8, 4) is 0 Å². The quantitative estimate of drug-likeness (QED) is 0.679. The third-order valence-electron chi connectivity index (χ3n) is 2.82. The highest BCUT2D eigenvalue weighted by Gasteiger charge is 2.16. The summed E-state index contributed by atoms with van der Waals surface area (Å²) in [7, 11) is 0. The molecule has 1 rings (SSSR count). The molecule has 20 heavy (non-hydrogen) atoms. The van der Waals surface area contributed by atoms with Crippen LogP contribution in [-0.4, -0.2) is 45.9 Å². The van der Waals surface area contributed by atoms with Crippen molar-refractivity contribution in [3.05, 3.63) is 16.1 Å². The van der Waals surface area contributed by atoms with E-state index in [0.717, 1.165) is 22.2 Å². The first-order valence-corrected chi connectivity index (χ1v) is 9.80. The van der Waals surface area contributed by atoms with E-state index in [1.54, 1.807) is 34.9 Å². The van der Waals surface area contributed by atoms with Crippen LogP contribution in [0.15, 0.2) is 5.38 Å². The van der Waals surface area contributed by atoms with Crippen molar-refractivity contribution in [2.75, 3.05) is 18.6 Å². The molecule has 2 N–H and O–H groups in total. The number of aromatic nitrogens is 1. The molecule has 0 aliphatic rings. The largest absolute Gasteiger partial charge is 0.395 e. The number of rotatable bonds is 9. The first-order valence-electron chi connectivity index (χ1n) is 6.48. The third kappa shape index (κ3) is 6.47. The van der Waals surface area contributed by atoms with Gasteiger partial charge in [0.2, 0.25) is 5.91 Å². The lowest BCUT2D eigenvalue weighted by Crippen LogP contribution is -2.41. The number of aryl methyl sites for hydroxylation is 1. The van der Waals surface area contributed by atoms with Gasteiger partial charge in [-0.2, -0.15) is 23.5 Å². The minimum absolute atomic E-state index is 0.00584. The lowest BCUT2D eigenvalue weighted by molar-refractivity contribution is -0.121. The van der Waals surface area contributed by atoms with Crippen LogP contribution in [-0.2, 0) is 10.5 Å². The number of aliphatic hydroxyl groups excluding tert-OH is 1. The zero-order valence-electron chi connectivity index (χ0n) is 12.1. The van der Waals surface area contributed by atoms with Crippen LogP contribution in [0.2, 0.25) is 0 Å². The fraction of sp³-hybridized carbons (Fsp3) is 0.692. The number of carbonyl (C=O) groups is 1. The van der Waals surface area contributed by atoms with Gasteiger partial charge in [0, 0.05) is 34.6 Å². The molecule has 114 valence electrons. The molecule has 2 atom stereocenters. The van der Waals surface area contributed by atoms with Crippen molar-refractivity contribution >= 4 is 40.8 Å². The van der Waals surface area contributed by atoms with E-state index in [9.17, 15) is 4.79 Å². The second kappa shape index (κ2) is 9.65. The monoisotopic (exact) mass is 334 g/mol. The van der Waals surface area contributed by atoms with Crippen LogP contribution in [0, 0.1) is 6.92 Å². The minimum atomic E-state index is -0.00584. The molecule has 1 aromatic rings. The van der Waals surface area contributed by atoms with Crippen LogP contribution >= 0.6 is 34.9 Å². The molecule has 0 spiro atoms.